The number of ether oxygens (including phenoxy) is 1. The van der Waals surface area contributed by atoms with E-state index < -0.39 is 36.0 Å². The van der Waals surface area contributed by atoms with Gasteiger partial charge in [-0.15, -0.1) is 13.2 Å². The van der Waals surface area contributed by atoms with Crippen LogP contribution in [0.25, 0.3) is 0 Å². The normalized spacial score (nSPS) is 15.9. The highest BCUT2D eigenvalue weighted by molar-refractivity contribution is 6.31. The van der Waals surface area contributed by atoms with E-state index in [9.17, 15) is 27.6 Å². The van der Waals surface area contributed by atoms with E-state index in [0.29, 0.717) is 21.8 Å². The average Bonchev–Trinajstić information content (AvgIpc) is 3.03. The number of aromatic nitrogens is 1. The summed E-state index contributed by atoms with van der Waals surface area (Å²) >= 11 is 5.95. The van der Waals surface area contributed by atoms with Crippen molar-refractivity contribution in [3.05, 3.63) is 83.1 Å². The number of rotatable bonds is 6. The minimum Gasteiger partial charge on any atom is -0.406 e. The summed E-state index contributed by atoms with van der Waals surface area (Å²) in [4.78, 5) is 44.9. The molecule has 36 heavy (non-hydrogen) atoms. The van der Waals surface area contributed by atoms with E-state index in [1.54, 1.807) is 24.3 Å². The van der Waals surface area contributed by atoms with Crippen LogP contribution < -0.4 is 15.0 Å². The smallest absolute Gasteiger partial charge is 0.406 e. The summed E-state index contributed by atoms with van der Waals surface area (Å²) in [6.07, 6.45) is -1.97. The molecule has 1 N–H and O–H groups in total. The van der Waals surface area contributed by atoms with Gasteiger partial charge < -0.3 is 15.0 Å². The first-order valence-corrected chi connectivity index (χ1v) is 10.9. The van der Waals surface area contributed by atoms with Gasteiger partial charge in [-0.3, -0.25) is 14.6 Å². The second kappa shape index (κ2) is 9.86. The lowest BCUT2D eigenvalue weighted by molar-refractivity contribution is -0.274. The van der Waals surface area contributed by atoms with Gasteiger partial charge in [0.2, 0.25) is 0 Å². The van der Waals surface area contributed by atoms with Gasteiger partial charge in [-0.05, 0) is 61.0 Å². The molecule has 1 unspecified atom stereocenters. The Bertz CT molecular complexity index is 1320. The molecule has 1 fully saturated rings. The van der Waals surface area contributed by atoms with Crippen molar-refractivity contribution >= 4 is 40.8 Å². The molecule has 1 saturated heterocycles. The third kappa shape index (κ3) is 5.41. The van der Waals surface area contributed by atoms with Crippen LogP contribution in [0.3, 0.4) is 0 Å². The molecule has 0 aliphatic carbocycles. The van der Waals surface area contributed by atoms with Crippen LogP contribution in [0, 0.1) is 0 Å². The van der Waals surface area contributed by atoms with Gasteiger partial charge >= 0.3 is 12.4 Å². The Morgan fingerprint density at radius 1 is 1.14 bits per heavy atom. The van der Waals surface area contributed by atoms with E-state index in [1.165, 1.54) is 42.4 Å². The largest absolute Gasteiger partial charge is 0.573 e. The fraction of sp³-hybridized carbons (Fsp3) is 0.167. The fourth-order valence-corrected chi connectivity index (χ4v) is 3.82. The van der Waals surface area contributed by atoms with Crippen LogP contribution in [0.2, 0.25) is 5.02 Å². The van der Waals surface area contributed by atoms with Crippen molar-refractivity contribution in [2.24, 2.45) is 0 Å². The first-order valence-electron chi connectivity index (χ1n) is 10.5. The summed E-state index contributed by atoms with van der Waals surface area (Å²) in [6, 6.07) is 10.8. The number of pyridine rings is 1. The summed E-state index contributed by atoms with van der Waals surface area (Å²) in [5.41, 5.74) is 1.27. The Labute approximate surface area is 208 Å². The topological polar surface area (TPSA) is 91.8 Å². The number of halogens is 4. The van der Waals surface area contributed by atoms with Gasteiger partial charge in [0, 0.05) is 16.8 Å². The van der Waals surface area contributed by atoms with Crippen LogP contribution in [0.15, 0.2) is 67.0 Å². The highest BCUT2D eigenvalue weighted by Crippen LogP contribution is 2.31. The summed E-state index contributed by atoms with van der Waals surface area (Å²) in [6.45, 7) is 1.50. The van der Waals surface area contributed by atoms with Crippen molar-refractivity contribution < 1.29 is 32.3 Å². The number of urea groups is 1. The second-order valence-electron chi connectivity index (χ2n) is 7.80. The molecule has 8 nitrogen and oxygen atoms in total. The Kier molecular flexibility index (Phi) is 6.84. The third-order valence-corrected chi connectivity index (χ3v) is 5.63. The molecule has 1 atom stereocenters. The molecule has 1 aliphatic rings. The number of anilines is 2. The number of imide groups is 1. The number of carbonyl (C=O) groups excluding carboxylic acids is 3. The second-order valence-corrected chi connectivity index (χ2v) is 8.24. The van der Waals surface area contributed by atoms with E-state index >= 15 is 0 Å². The molecule has 2 heterocycles. The Hall–Kier alpha value is -4.12. The Morgan fingerprint density at radius 3 is 2.53 bits per heavy atom. The number of nitrogens with zero attached hydrogens (tertiary/aromatic N) is 3. The monoisotopic (exact) mass is 518 g/mol. The molecule has 0 bridgehead atoms. The standard InChI is InChI=1S/C24H18ClF3N4O4/c1-14-22(34)32(18-5-7-19(8-6-18)36-24(26,27)28)23(35)31(14)13-16-9-10-29-12-20(16)30-21(33)15-3-2-4-17(25)11-15/h2-12,14H,13H2,1H3,(H,30,33). The van der Waals surface area contributed by atoms with Gasteiger partial charge in [0.25, 0.3) is 11.8 Å². The van der Waals surface area contributed by atoms with Crippen LogP contribution in [-0.2, 0) is 11.3 Å². The van der Waals surface area contributed by atoms with E-state index in [1.807, 2.05) is 0 Å². The lowest BCUT2D eigenvalue weighted by Gasteiger charge is -2.21. The van der Waals surface area contributed by atoms with Gasteiger partial charge in [-0.1, -0.05) is 17.7 Å². The van der Waals surface area contributed by atoms with E-state index in [-0.39, 0.29) is 12.2 Å². The number of nitrogens with one attached hydrogen (secondary N) is 1. The third-order valence-electron chi connectivity index (χ3n) is 5.40. The van der Waals surface area contributed by atoms with E-state index in [0.717, 1.165) is 17.0 Å². The molecule has 2 aromatic carbocycles. The fourth-order valence-electron chi connectivity index (χ4n) is 3.63. The zero-order valence-electron chi connectivity index (χ0n) is 18.6. The van der Waals surface area contributed by atoms with Crippen LogP contribution >= 0.6 is 11.6 Å². The van der Waals surface area contributed by atoms with Crippen molar-refractivity contribution in [3.8, 4) is 5.75 Å². The number of hydrogen-bond donors (Lipinski definition) is 1. The lowest BCUT2D eigenvalue weighted by atomic mass is 10.1. The SMILES string of the molecule is CC1C(=O)N(c2ccc(OC(F)(F)F)cc2)C(=O)N1Cc1ccncc1NC(=O)c1cccc(Cl)c1. The first kappa shape index (κ1) is 25.0. The van der Waals surface area contributed by atoms with Crippen molar-refractivity contribution in [3.63, 3.8) is 0 Å². The molecular weight excluding hydrogens is 501 g/mol. The number of carbonyl (C=O) groups is 3. The van der Waals surface area contributed by atoms with Crippen molar-refractivity contribution in [1.82, 2.24) is 9.88 Å². The maximum atomic E-state index is 13.1. The zero-order valence-corrected chi connectivity index (χ0v) is 19.4. The van der Waals surface area contributed by atoms with Gasteiger partial charge in [-0.2, -0.15) is 0 Å². The van der Waals surface area contributed by atoms with Crippen molar-refractivity contribution in [2.75, 3.05) is 10.2 Å². The molecule has 3 aromatic rings. The van der Waals surface area contributed by atoms with Gasteiger partial charge in [-0.25, -0.2) is 9.69 Å². The summed E-state index contributed by atoms with van der Waals surface area (Å²) in [5.74, 6) is -1.47. The highest BCUT2D eigenvalue weighted by Gasteiger charge is 2.43. The lowest BCUT2D eigenvalue weighted by Crippen LogP contribution is -2.33. The molecule has 1 aromatic heterocycles. The molecule has 186 valence electrons. The van der Waals surface area contributed by atoms with Gasteiger partial charge in [0.15, 0.2) is 0 Å². The number of amides is 4. The molecule has 0 radical (unpaired) electrons. The number of alkyl halides is 3. The molecule has 4 amide bonds. The first-order chi connectivity index (χ1) is 17.0. The Morgan fingerprint density at radius 2 is 1.86 bits per heavy atom. The predicted molar refractivity (Wildman–Crippen MR) is 125 cm³/mol. The average molecular weight is 519 g/mol. The van der Waals surface area contributed by atoms with Crippen molar-refractivity contribution in [2.45, 2.75) is 25.9 Å². The van der Waals surface area contributed by atoms with Crippen LogP contribution in [0.4, 0.5) is 29.3 Å². The molecular formula is C24H18ClF3N4O4. The summed E-state index contributed by atoms with van der Waals surface area (Å²) < 4.78 is 41.1. The maximum Gasteiger partial charge on any atom is 0.573 e. The van der Waals surface area contributed by atoms with Crippen LogP contribution in [-0.4, -0.2) is 40.1 Å². The molecule has 12 heteroatoms. The number of hydrogen-bond acceptors (Lipinski definition) is 5. The van der Waals surface area contributed by atoms with E-state index in [2.05, 4.69) is 15.0 Å². The summed E-state index contributed by atoms with van der Waals surface area (Å²) in [5, 5.41) is 3.13. The minimum atomic E-state index is -4.86. The molecule has 1 aliphatic heterocycles. The van der Waals surface area contributed by atoms with Gasteiger partial charge in [0.05, 0.1) is 24.1 Å². The zero-order chi connectivity index (χ0) is 26.0. The molecule has 4 rings (SSSR count). The van der Waals surface area contributed by atoms with Crippen LogP contribution in [0.1, 0.15) is 22.8 Å². The minimum absolute atomic E-state index is 0.0365. The van der Waals surface area contributed by atoms with E-state index in [4.69, 9.17) is 11.6 Å². The Balaban J connectivity index is 1.53. The summed E-state index contributed by atoms with van der Waals surface area (Å²) in [7, 11) is 0. The predicted octanol–water partition coefficient (Wildman–Crippen LogP) is 5.24. The number of benzene rings is 2. The quantitative estimate of drug-likeness (QED) is 0.450. The van der Waals surface area contributed by atoms with Crippen LogP contribution in [0.5, 0.6) is 5.75 Å². The van der Waals surface area contributed by atoms with Crippen molar-refractivity contribution in [1.29, 1.82) is 0 Å². The maximum absolute atomic E-state index is 13.1. The highest BCUT2D eigenvalue weighted by atomic mass is 35.5. The molecule has 0 spiro atoms. The molecule has 0 saturated carbocycles. The van der Waals surface area contributed by atoms with Gasteiger partial charge in [0.1, 0.15) is 11.8 Å².